The maximum absolute atomic E-state index is 5.31. The smallest absolute Gasteiger partial charge is 0.0594 e. The molecule has 1 radical (unpaired) electrons. The number of hydrogen-bond donors (Lipinski definition) is 0. The highest BCUT2D eigenvalue weighted by Gasteiger charge is 2.09. The van der Waals surface area contributed by atoms with Gasteiger partial charge < -0.3 is 4.74 Å². The first-order valence-corrected chi connectivity index (χ1v) is 5.20. The van der Waals surface area contributed by atoms with E-state index in [1.54, 1.807) is 0 Å². The third kappa shape index (κ3) is 2.82. The minimum absolute atomic E-state index is 0.891. The second kappa shape index (κ2) is 5.13. The summed E-state index contributed by atoms with van der Waals surface area (Å²) in [4.78, 5) is 2.46. The average molecular weight is 190 g/mol. The van der Waals surface area contributed by atoms with Gasteiger partial charge in [0.2, 0.25) is 0 Å². The van der Waals surface area contributed by atoms with Crippen molar-refractivity contribution in [3.8, 4) is 0 Å². The van der Waals surface area contributed by atoms with E-state index in [4.69, 9.17) is 4.74 Å². The summed E-state index contributed by atoms with van der Waals surface area (Å²) in [6, 6.07) is 11.3. The van der Waals surface area contributed by atoms with Gasteiger partial charge in [-0.15, -0.1) is 0 Å². The lowest BCUT2D eigenvalue weighted by Crippen LogP contribution is -2.37. The second-order valence-corrected chi connectivity index (χ2v) is 3.61. The summed E-state index contributed by atoms with van der Waals surface area (Å²) in [5.74, 6) is 0. The maximum atomic E-state index is 5.31. The summed E-state index contributed by atoms with van der Waals surface area (Å²) >= 11 is 0. The van der Waals surface area contributed by atoms with Crippen LogP contribution in [0.25, 0.3) is 0 Å². The lowest BCUT2D eigenvalue weighted by Gasteiger charge is -2.26. The Morgan fingerprint density at radius 1 is 1.21 bits per heavy atom. The van der Waals surface area contributed by atoms with E-state index in [1.165, 1.54) is 5.56 Å². The molecule has 0 bridgehead atoms. The van der Waals surface area contributed by atoms with Crippen molar-refractivity contribution in [2.75, 3.05) is 32.8 Å². The van der Waals surface area contributed by atoms with Crippen LogP contribution in [0.1, 0.15) is 5.56 Å². The van der Waals surface area contributed by atoms with Gasteiger partial charge in [-0.3, -0.25) is 4.90 Å². The monoisotopic (exact) mass is 190 g/mol. The SMILES string of the molecule is [c]1ccc(CCN2CCOCC2)cc1. The van der Waals surface area contributed by atoms with Crippen LogP contribution in [0.15, 0.2) is 24.3 Å². The highest BCUT2D eigenvalue weighted by molar-refractivity contribution is 5.14. The number of hydrogen-bond acceptors (Lipinski definition) is 2. The molecule has 1 aliphatic heterocycles. The molecule has 75 valence electrons. The van der Waals surface area contributed by atoms with Crippen LogP contribution in [-0.4, -0.2) is 37.7 Å². The Morgan fingerprint density at radius 3 is 2.64 bits per heavy atom. The van der Waals surface area contributed by atoms with Crippen LogP contribution in [0, 0.1) is 6.07 Å². The number of ether oxygens (including phenoxy) is 1. The van der Waals surface area contributed by atoms with Crippen molar-refractivity contribution in [2.24, 2.45) is 0 Å². The van der Waals surface area contributed by atoms with E-state index in [2.05, 4.69) is 23.1 Å². The third-order valence-electron chi connectivity index (χ3n) is 2.61. The van der Waals surface area contributed by atoms with Gasteiger partial charge in [-0.2, -0.15) is 0 Å². The molecule has 0 atom stereocenters. The zero-order valence-electron chi connectivity index (χ0n) is 8.41. The number of morpholine rings is 1. The van der Waals surface area contributed by atoms with Crippen LogP contribution in [0.4, 0.5) is 0 Å². The Labute approximate surface area is 85.5 Å². The van der Waals surface area contributed by atoms with Gasteiger partial charge in [0.25, 0.3) is 0 Å². The van der Waals surface area contributed by atoms with E-state index >= 15 is 0 Å². The van der Waals surface area contributed by atoms with Crippen LogP contribution in [-0.2, 0) is 11.2 Å². The summed E-state index contributed by atoms with van der Waals surface area (Å²) in [5.41, 5.74) is 1.40. The quantitative estimate of drug-likeness (QED) is 0.713. The fourth-order valence-corrected chi connectivity index (χ4v) is 1.70. The molecular weight excluding hydrogens is 174 g/mol. The van der Waals surface area contributed by atoms with Crippen LogP contribution >= 0.6 is 0 Å². The predicted molar refractivity (Wildman–Crippen MR) is 56.2 cm³/mol. The molecule has 1 aromatic rings. The van der Waals surface area contributed by atoms with Gasteiger partial charge in [-0.1, -0.05) is 24.3 Å². The summed E-state index contributed by atoms with van der Waals surface area (Å²) in [5, 5.41) is 0. The Kier molecular flexibility index (Phi) is 3.55. The van der Waals surface area contributed by atoms with Gasteiger partial charge >= 0.3 is 0 Å². The Bertz CT molecular complexity index is 254. The molecule has 1 saturated heterocycles. The van der Waals surface area contributed by atoms with Crippen molar-refractivity contribution < 1.29 is 4.74 Å². The highest BCUT2D eigenvalue weighted by Crippen LogP contribution is 2.02. The fourth-order valence-electron chi connectivity index (χ4n) is 1.70. The molecular formula is C12H16NO. The molecule has 0 aromatic heterocycles. The van der Waals surface area contributed by atoms with Crippen molar-refractivity contribution >= 4 is 0 Å². The Balaban J connectivity index is 1.76. The second-order valence-electron chi connectivity index (χ2n) is 3.61. The van der Waals surface area contributed by atoms with Crippen LogP contribution in [0.2, 0.25) is 0 Å². The van der Waals surface area contributed by atoms with Gasteiger partial charge in [0.05, 0.1) is 13.2 Å². The van der Waals surface area contributed by atoms with Crippen LogP contribution in [0.5, 0.6) is 0 Å². The first-order chi connectivity index (χ1) is 6.95. The molecule has 0 saturated carbocycles. The van der Waals surface area contributed by atoms with Crippen molar-refractivity contribution in [1.82, 2.24) is 4.90 Å². The normalized spacial score (nSPS) is 18.3. The molecule has 14 heavy (non-hydrogen) atoms. The summed E-state index contributed by atoms with van der Waals surface area (Å²) in [6.07, 6.45) is 1.13. The summed E-state index contributed by atoms with van der Waals surface area (Å²) in [6.45, 7) is 5.09. The molecule has 2 rings (SSSR count). The molecule has 1 aliphatic rings. The van der Waals surface area contributed by atoms with Gasteiger partial charge in [-0.25, -0.2) is 0 Å². The molecule has 2 heteroatoms. The largest absolute Gasteiger partial charge is 0.379 e. The minimum atomic E-state index is 0.891. The molecule has 0 N–H and O–H groups in total. The van der Waals surface area contributed by atoms with Crippen molar-refractivity contribution in [3.05, 3.63) is 35.9 Å². The first-order valence-electron chi connectivity index (χ1n) is 5.20. The van der Waals surface area contributed by atoms with E-state index in [0.29, 0.717) is 0 Å². The lowest BCUT2D eigenvalue weighted by atomic mass is 10.1. The topological polar surface area (TPSA) is 12.5 Å². The minimum Gasteiger partial charge on any atom is -0.379 e. The highest BCUT2D eigenvalue weighted by atomic mass is 16.5. The van der Waals surface area contributed by atoms with E-state index in [0.717, 1.165) is 39.3 Å². The zero-order valence-corrected chi connectivity index (χ0v) is 8.41. The van der Waals surface area contributed by atoms with Gasteiger partial charge in [0, 0.05) is 19.6 Å². The van der Waals surface area contributed by atoms with E-state index < -0.39 is 0 Å². The molecule has 0 spiro atoms. The standard InChI is InChI=1S/C12H16NO/c1-2-4-12(5-3-1)6-7-13-8-10-14-11-9-13/h2-5H,6-11H2. The first kappa shape index (κ1) is 9.69. The Morgan fingerprint density at radius 2 is 1.93 bits per heavy atom. The summed E-state index contributed by atoms with van der Waals surface area (Å²) in [7, 11) is 0. The molecule has 1 heterocycles. The van der Waals surface area contributed by atoms with Crippen LogP contribution in [0.3, 0.4) is 0 Å². The molecule has 1 fully saturated rings. The van der Waals surface area contributed by atoms with Gasteiger partial charge in [0.1, 0.15) is 0 Å². The third-order valence-corrected chi connectivity index (χ3v) is 2.61. The number of benzene rings is 1. The molecule has 0 aliphatic carbocycles. The Hall–Kier alpha value is -0.860. The number of nitrogens with zero attached hydrogens (tertiary/aromatic N) is 1. The summed E-state index contributed by atoms with van der Waals surface area (Å²) < 4.78 is 5.31. The zero-order chi connectivity index (χ0) is 9.64. The molecule has 0 amide bonds. The lowest BCUT2D eigenvalue weighted by molar-refractivity contribution is 0.0384. The fraction of sp³-hybridized carbons (Fsp3) is 0.500. The van der Waals surface area contributed by atoms with Crippen molar-refractivity contribution in [1.29, 1.82) is 0 Å². The molecule has 2 nitrogen and oxygen atoms in total. The van der Waals surface area contributed by atoms with E-state index in [9.17, 15) is 0 Å². The predicted octanol–water partition coefficient (Wildman–Crippen LogP) is 1.36. The molecule has 0 unspecified atom stereocenters. The molecule has 1 aromatic carbocycles. The van der Waals surface area contributed by atoms with E-state index in [-0.39, 0.29) is 0 Å². The van der Waals surface area contributed by atoms with Crippen molar-refractivity contribution in [2.45, 2.75) is 6.42 Å². The van der Waals surface area contributed by atoms with Gasteiger partial charge in [-0.05, 0) is 18.1 Å². The van der Waals surface area contributed by atoms with E-state index in [1.807, 2.05) is 12.1 Å². The van der Waals surface area contributed by atoms with Crippen molar-refractivity contribution in [3.63, 3.8) is 0 Å². The van der Waals surface area contributed by atoms with Gasteiger partial charge in [0.15, 0.2) is 0 Å². The van der Waals surface area contributed by atoms with Crippen LogP contribution < -0.4 is 0 Å². The average Bonchev–Trinajstić information content (AvgIpc) is 2.29. The number of rotatable bonds is 3. The maximum Gasteiger partial charge on any atom is 0.0594 e.